The van der Waals surface area contributed by atoms with Gasteiger partial charge in [-0.15, -0.1) is 0 Å². The third-order valence-corrected chi connectivity index (χ3v) is 5.77. The van der Waals surface area contributed by atoms with Crippen molar-refractivity contribution in [2.45, 2.75) is 65.5 Å². The van der Waals surface area contributed by atoms with E-state index in [0.29, 0.717) is 46.3 Å². The molecule has 0 aliphatic heterocycles. The number of rotatable bonds is 14. The van der Waals surface area contributed by atoms with Crippen molar-refractivity contribution >= 4 is 34.8 Å². The van der Waals surface area contributed by atoms with Crippen LogP contribution in [0.4, 0.5) is 0 Å². The van der Waals surface area contributed by atoms with Crippen LogP contribution in [0.25, 0.3) is 0 Å². The van der Waals surface area contributed by atoms with Crippen molar-refractivity contribution in [1.29, 1.82) is 0 Å². The summed E-state index contributed by atoms with van der Waals surface area (Å²) in [4.78, 5) is 0. The highest BCUT2D eigenvalue weighted by molar-refractivity contribution is 6.35. The summed E-state index contributed by atoms with van der Waals surface area (Å²) >= 11 is 18.7. The van der Waals surface area contributed by atoms with E-state index in [1.165, 1.54) is 38.5 Å². The summed E-state index contributed by atoms with van der Waals surface area (Å²) in [6.07, 6.45) is 7.72. The molecule has 0 unspecified atom stereocenters. The Labute approximate surface area is 196 Å². The van der Waals surface area contributed by atoms with Gasteiger partial charge in [0, 0.05) is 33.2 Å². The van der Waals surface area contributed by atoms with Crippen molar-refractivity contribution in [3.05, 3.63) is 56.5 Å². The molecule has 166 valence electrons. The highest BCUT2D eigenvalue weighted by Crippen LogP contribution is 2.35. The van der Waals surface area contributed by atoms with Crippen LogP contribution in [0.5, 0.6) is 11.5 Å². The van der Waals surface area contributed by atoms with Crippen molar-refractivity contribution in [3.63, 3.8) is 0 Å². The van der Waals surface area contributed by atoms with Crippen LogP contribution in [0.3, 0.4) is 0 Å². The molecule has 0 aliphatic rings. The van der Waals surface area contributed by atoms with Crippen LogP contribution in [0, 0.1) is 0 Å². The Morgan fingerprint density at radius 1 is 0.767 bits per heavy atom. The van der Waals surface area contributed by atoms with Gasteiger partial charge in [0.25, 0.3) is 0 Å². The van der Waals surface area contributed by atoms with Gasteiger partial charge in [-0.2, -0.15) is 0 Å². The van der Waals surface area contributed by atoms with E-state index in [1.807, 2.05) is 25.1 Å². The summed E-state index contributed by atoms with van der Waals surface area (Å²) in [5.74, 6) is 1.29. The monoisotopic (exact) mass is 471 g/mol. The molecule has 2 aromatic carbocycles. The van der Waals surface area contributed by atoms with Crippen LogP contribution >= 0.6 is 34.8 Å². The predicted octanol–water partition coefficient (Wildman–Crippen LogP) is 8.07. The molecule has 0 saturated carbocycles. The number of hydrogen-bond donors (Lipinski definition) is 1. The molecule has 30 heavy (non-hydrogen) atoms. The normalized spacial score (nSPS) is 11.0. The minimum Gasteiger partial charge on any atom is -0.490 e. The van der Waals surface area contributed by atoms with Gasteiger partial charge in [0.15, 0.2) is 11.5 Å². The minimum atomic E-state index is 0.308. The second-order valence-electron chi connectivity index (χ2n) is 7.29. The van der Waals surface area contributed by atoms with Crippen molar-refractivity contribution < 1.29 is 9.47 Å². The molecule has 0 aliphatic carbocycles. The number of ether oxygens (including phenoxy) is 2. The zero-order valence-electron chi connectivity index (χ0n) is 17.9. The maximum Gasteiger partial charge on any atom is 0.163 e. The van der Waals surface area contributed by atoms with Gasteiger partial charge in [0.1, 0.15) is 6.61 Å². The van der Waals surface area contributed by atoms with Crippen molar-refractivity contribution in [2.24, 2.45) is 0 Å². The van der Waals surface area contributed by atoms with Gasteiger partial charge in [-0.3, -0.25) is 0 Å². The van der Waals surface area contributed by atoms with Crippen LogP contribution in [-0.4, -0.2) is 13.2 Å². The first kappa shape index (κ1) is 25.1. The number of nitrogens with one attached hydrogen (secondary N) is 1. The Bertz CT molecular complexity index is 783. The third-order valence-electron chi connectivity index (χ3n) is 4.83. The van der Waals surface area contributed by atoms with Crippen molar-refractivity contribution in [3.8, 4) is 11.5 Å². The van der Waals surface area contributed by atoms with Crippen LogP contribution in [-0.2, 0) is 13.2 Å². The Hall–Kier alpha value is -1.13. The molecule has 1 N–H and O–H groups in total. The lowest BCUT2D eigenvalue weighted by molar-refractivity contribution is 0.269. The van der Waals surface area contributed by atoms with E-state index < -0.39 is 0 Å². The van der Waals surface area contributed by atoms with Crippen LogP contribution < -0.4 is 14.8 Å². The largest absolute Gasteiger partial charge is 0.490 e. The minimum absolute atomic E-state index is 0.308. The fourth-order valence-electron chi connectivity index (χ4n) is 3.14. The number of halogens is 3. The van der Waals surface area contributed by atoms with E-state index in [9.17, 15) is 0 Å². The van der Waals surface area contributed by atoms with E-state index in [0.717, 1.165) is 17.7 Å². The molecule has 0 saturated heterocycles. The molecule has 0 spiro atoms. The Morgan fingerprint density at radius 2 is 1.47 bits per heavy atom. The van der Waals surface area contributed by atoms with E-state index in [2.05, 4.69) is 12.2 Å². The number of unbranched alkanes of at least 4 members (excludes halogenated alkanes) is 5. The van der Waals surface area contributed by atoms with Gasteiger partial charge in [0.2, 0.25) is 0 Å². The maximum absolute atomic E-state index is 6.51. The predicted molar refractivity (Wildman–Crippen MR) is 128 cm³/mol. The molecule has 2 aromatic rings. The maximum atomic E-state index is 6.51. The molecule has 0 radical (unpaired) electrons. The van der Waals surface area contributed by atoms with Crippen LogP contribution in [0.1, 0.15) is 63.5 Å². The molecule has 0 fully saturated rings. The second-order valence-corrected chi connectivity index (χ2v) is 8.54. The van der Waals surface area contributed by atoms with Gasteiger partial charge in [-0.25, -0.2) is 0 Å². The highest BCUT2D eigenvalue weighted by atomic mass is 35.5. The lowest BCUT2D eigenvalue weighted by Crippen LogP contribution is -2.15. The SMILES string of the molecule is CCCCCCCCNCc1cc(OCC)c(OCc2ccc(Cl)cc2Cl)cc1Cl. The molecule has 6 heteroatoms. The van der Waals surface area contributed by atoms with Crippen LogP contribution in [0.15, 0.2) is 30.3 Å². The molecule has 0 bridgehead atoms. The smallest absolute Gasteiger partial charge is 0.163 e. The summed E-state index contributed by atoms with van der Waals surface area (Å²) in [5, 5.41) is 5.31. The second kappa shape index (κ2) is 14.0. The summed E-state index contributed by atoms with van der Waals surface area (Å²) in [7, 11) is 0. The van der Waals surface area contributed by atoms with Gasteiger partial charge in [-0.05, 0) is 43.7 Å². The Balaban J connectivity index is 1.92. The molecule has 3 nitrogen and oxygen atoms in total. The lowest BCUT2D eigenvalue weighted by atomic mass is 10.1. The third kappa shape index (κ3) is 8.55. The summed E-state index contributed by atoms with van der Waals surface area (Å²) in [6, 6.07) is 9.13. The standard InChI is InChI=1S/C24H32Cl3NO2/c1-3-5-6-7-8-9-12-28-16-19-13-23(29-4-2)24(15-22(19)27)30-17-18-10-11-20(25)14-21(18)26/h10-11,13-15,28H,3-9,12,16-17H2,1-2H3. The Morgan fingerprint density at radius 3 is 2.20 bits per heavy atom. The van der Waals surface area contributed by atoms with E-state index in [4.69, 9.17) is 44.3 Å². The Kier molecular flexibility index (Phi) is 11.8. The molecular formula is C24H32Cl3NO2. The summed E-state index contributed by atoms with van der Waals surface area (Å²) in [6.45, 7) is 6.74. The van der Waals surface area contributed by atoms with Crippen LogP contribution in [0.2, 0.25) is 15.1 Å². The molecule has 0 aromatic heterocycles. The van der Waals surface area contributed by atoms with Gasteiger partial charge in [-0.1, -0.05) is 79.9 Å². The number of hydrogen-bond acceptors (Lipinski definition) is 3. The molecule has 0 atom stereocenters. The molecule has 0 heterocycles. The van der Waals surface area contributed by atoms with Crippen molar-refractivity contribution in [1.82, 2.24) is 5.32 Å². The first-order chi connectivity index (χ1) is 14.5. The van der Waals surface area contributed by atoms with E-state index in [-0.39, 0.29) is 0 Å². The average Bonchev–Trinajstić information content (AvgIpc) is 2.72. The number of benzene rings is 2. The van der Waals surface area contributed by atoms with Gasteiger partial charge >= 0.3 is 0 Å². The zero-order chi connectivity index (χ0) is 21.8. The van der Waals surface area contributed by atoms with Gasteiger partial charge in [0.05, 0.1) is 6.61 Å². The average molecular weight is 473 g/mol. The lowest BCUT2D eigenvalue weighted by Gasteiger charge is -2.16. The quantitative estimate of drug-likeness (QED) is 0.282. The fraction of sp³-hybridized carbons (Fsp3) is 0.500. The topological polar surface area (TPSA) is 30.5 Å². The molecular weight excluding hydrogens is 441 g/mol. The van der Waals surface area contributed by atoms with E-state index in [1.54, 1.807) is 12.1 Å². The highest BCUT2D eigenvalue weighted by Gasteiger charge is 2.12. The fourth-order valence-corrected chi connectivity index (χ4v) is 3.82. The first-order valence-corrected chi connectivity index (χ1v) is 11.9. The zero-order valence-corrected chi connectivity index (χ0v) is 20.2. The molecule has 0 amide bonds. The van der Waals surface area contributed by atoms with E-state index >= 15 is 0 Å². The van der Waals surface area contributed by atoms with Gasteiger partial charge < -0.3 is 14.8 Å². The molecule has 2 rings (SSSR count). The first-order valence-electron chi connectivity index (χ1n) is 10.8. The summed E-state index contributed by atoms with van der Waals surface area (Å²) < 4.78 is 11.8. The van der Waals surface area contributed by atoms with Crippen molar-refractivity contribution in [2.75, 3.05) is 13.2 Å². The summed E-state index contributed by atoms with van der Waals surface area (Å²) in [5.41, 5.74) is 1.85.